The summed E-state index contributed by atoms with van der Waals surface area (Å²) < 4.78 is 2.25. The highest BCUT2D eigenvalue weighted by atomic mass is 16.3. The molecule has 0 atom stereocenters. The lowest BCUT2D eigenvalue weighted by Gasteiger charge is -2.24. The Kier molecular flexibility index (Phi) is 5.38. The van der Waals surface area contributed by atoms with Crippen LogP contribution >= 0.6 is 0 Å². The van der Waals surface area contributed by atoms with Crippen molar-refractivity contribution >= 4 is 0 Å². The predicted molar refractivity (Wildman–Crippen MR) is 113 cm³/mol. The third-order valence-electron chi connectivity index (χ3n) is 5.71. The van der Waals surface area contributed by atoms with E-state index in [-0.39, 0.29) is 11.5 Å². The molecule has 1 aliphatic rings. The van der Waals surface area contributed by atoms with Crippen molar-refractivity contribution in [1.82, 2.24) is 9.78 Å². The van der Waals surface area contributed by atoms with Gasteiger partial charge in [0.2, 0.25) is 0 Å². The number of hydrogen-bond acceptors (Lipinski definition) is 3. The summed E-state index contributed by atoms with van der Waals surface area (Å²) in [5.41, 5.74) is 5.58. The van der Waals surface area contributed by atoms with Gasteiger partial charge < -0.3 is 10.2 Å². The van der Waals surface area contributed by atoms with Crippen molar-refractivity contribution in [3.63, 3.8) is 0 Å². The van der Waals surface area contributed by atoms with Gasteiger partial charge in [0.15, 0.2) is 0 Å². The topological polar surface area (TPSA) is 58.3 Å². The number of phenolic OH excluding ortho intramolecular Hbond substituents is 2. The standard InChI is InChI=1S/C24H28N2O2/c1-2-6-22-23(17-9-13-20(27)14-10-17)25-26(19-7-4-3-5-8-19)24(22)18-11-15-21(28)16-12-18/h9-16,19,27-28H,2-8H2,1H3. The molecule has 4 heteroatoms. The van der Waals surface area contributed by atoms with Gasteiger partial charge in [0, 0.05) is 16.7 Å². The summed E-state index contributed by atoms with van der Waals surface area (Å²) in [4.78, 5) is 0. The molecule has 0 radical (unpaired) electrons. The van der Waals surface area contributed by atoms with E-state index in [0.717, 1.165) is 42.5 Å². The first-order chi connectivity index (χ1) is 13.7. The predicted octanol–water partition coefficient (Wildman–Crippen LogP) is 6.09. The van der Waals surface area contributed by atoms with E-state index in [9.17, 15) is 10.2 Å². The summed E-state index contributed by atoms with van der Waals surface area (Å²) >= 11 is 0. The SMILES string of the molecule is CCCc1c(-c2ccc(O)cc2)nn(C2CCCCC2)c1-c1ccc(O)cc1. The van der Waals surface area contributed by atoms with Gasteiger partial charge in [-0.25, -0.2) is 0 Å². The van der Waals surface area contributed by atoms with Crippen LogP contribution in [0.5, 0.6) is 11.5 Å². The number of aromatic nitrogens is 2. The van der Waals surface area contributed by atoms with Crippen LogP contribution in [0.1, 0.15) is 57.1 Å². The van der Waals surface area contributed by atoms with Gasteiger partial charge >= 0.3 is 0 Å². The lowest BCUT2D eigenvalue weighted by molar-refractivity contribution is 0.332. The third-order valence-corrected chi connectivity index (χ3v) is 5.71. The van der Waals surface area contributed by atoms with E-state index >= 15 is 0 Å². The largest absolute Gasteiger partial charge is 0.508 e. The summed E-state index contributed by atoms with van der Waals surface area (Å²) in [6, 6.07) is 15.3. The van der Waals surface area contributed by atoms with Crippen molar-refractivity contribution < 1.29 is 10.2 Å². The van der Waals surface area contributed by atoms with Crippen LogP contribution in [0.2, 0.25) is 0 Å². The molecule has 2 N–H and O–H groups in total. The molecule has 146 valence electrons. The molecule has 0 amide bonds. The minimum Gasteiger partial charge on any atom is -0.508 e. The van der Waals surface area contributed by atoms with E-state index in [1.54, 1.807) is 24.3 Å². The first-order valence-electron chi connectivity index (χ1n) is 10.4. The van der Waals surface area contributed by atoms with Crippen LogP contribution in [-0.4, -0.2) is 20.0 Å². The van der Waals surface area contributed by atoms with Crippen molar-refractivity contribution in [3.05, 3.63) is 54.1 Å². The quantitative estimate of drug-likeness (QED) is 0.567. The Morgan fingerprint density at radius 3 is 2.00 bits per heavy atom. The Balaban J connectivity index is 1.91. The van der Waals surface area contributed by atoms with E-state index in [1.807, 2.05) is 24.3 Å². The normalized spacial score (nSPS) is 15.0. The molecule has 0 saturated heterocycles. The first-order valence-corrected chi connectivity index (χ1v) is 10.4. The van der Waals surface area contributed by atoms with E-state index in [4.69, 9.17) is 5.10 Å². The Labute approximate surface area is 166 Å². The zero-order chi connectivity index (χ0) is 19.5. The molecule has 1 aliphatic carbocycles. The molecule has 1 heterocycles. The van der Waals surface area contributed by atoms with Crippen LogP contribution in [-0.2, 0) is 6.42 Å². The van der Waals surface area contributed by atoms with Crippen molar-refractivity contribution in [2.75, 3.05) is 0 Å². The van der Waals surface area contributed by atoms with Crippen LogP contribution < -0.4 is 0 Å². The second kappa shape index (κ2) is 8.09. The minimum atomic E-state index is 0.270. The smallest absolute Gasteiger partial charge is 0.115 e. The highest BCUT2D eigenvalue weighted by Crippen LogP contribution is 2.39. The molecule has 4 rings (SSSR count). The maximum Gasteiger partial charge on any atom is 0.115 e. The van der Waals surface area contributed by atoms with Gasteiger partial charge in [-0.2, -0.15) is 5.10 Å². The fraction of sp³-hybridized carbons (Fsp3) is 0.375. The number of nitrogens with zero attached hydrogens (tertiary/aromatic N) is 2. The molecule has 4 nitrogen and oxygen atoms in total. The molecule has 0 bridgehead atoms. The first kappa shape index (κ1) is 18.6. The minimum absolute atomic E-state index is 0.270. The summed E-state index contributed by atoms with van der Waals surface area (Å²) in [6.07, 6.45) is 8.10. The fourth-order valence-electron chi connectivity index (χ4n) is 4.32. The average molecular weight is 377 g/mol. The van der Waals surface area contributed by atoms with Gasteiger partial charge in [0.25, 0.3) is 0 Å². The zero-order valence-corrected chi connectivity index (χ0v) is 16.4. The Morgan fingerprint density at radius 2 is 1.43 bits per heavy atom. The highest BCUT2D eigenvalue weighted by Gasteiger charge is 2.25. The molecular formula is C24H28N2O2. The van der Waals surface area contributed by atoms with Crippen LogP contribution in [0.25, 0.3) is 22.5 Å². The average Bonchev–Trinajstić information content (AvgIpc) is 3.09. The summed E-state index contributed by atoms with van der Waals surface area (Å²) in [7, 11) is 0. The molecule has 0 spiro atoms. The Bertz CT molecular complexity index is 920. The molecule has 1 aromatic heterocycles. The second-order valence-corrected chi connectivity index (χ2v) is 7.76. The van der Waals surface area contributed by atoms with E-state index in [2.05, 4.69) is 11.6 Å². The summed E-state index contributed by atoms with van der Waals surface area (Å²) in [5.74, 6) is 0.551. The van der Waals surface area contributed by atoms with Crippen molar-refractivity contribution in [3.8, 4) is 34.0 Å². The van der Waals surface area contributed by atoms with Gasteiger partial charge in [-0.3, -0.25) is 4.68 Å². The molecule has 1 saturated carbocycles. The van der Waals surface area contributed by atoms with Crippen LogP contribution in [0, 0.1) is 0 Å². The molecule has 0 unspecified atom stereocenters. The number of phenols is 2. The number of hydrogen-bond donors (Lipinski definition) is 2. The fourth-order valence-corrected chi connectivity index (χ4v) is 4.32. The molecule has 1 fully saturated rings. The van der Waals surface area contributed by atoms with Gasteiger partial charge in [-0.1, -0.05) is 32.6 Å². The number of rotatable bonds is 5. The van der Waals surface area contributed by atoms with Crippen molar-refractivity contribution in [2.45, 2.75) is 57.9 Å². The maximum absolute atomic E-state index is 9.76. The molecule has 28 heavy (non-hydrogen) atoms. The number of benzene rings is 2. The van der Waals surface area contributed by atoms with Crippen molar-refractivity contribution in [2.24, 2.45) is 0 Å². The zero-order valence-electron chi connectivity index (χ0n) is 16.4. The summed E-state index contributed by atoms with van der Waals surface area (Å²) in [5, 5.41) is 24.6. The lowest BCUT2D eigenvalue weighted by atomic mass is 9.94. The monoisotopic (exact) mass is 376 g/mol. The molecule has 3 aromatic rings. The van der Waals surface area contributed by atoms with Gasteiger partial charge in [-0.05, 0) is 67.8 Å². The highest BCUT2D eigenvalue weighted by molar-refractivity contribution is 5.75. The Hall–Kier alpha value is -2.75. The second-order valence-electron chi connectivity index (χ2n) is 7.76. The third kappa shape index (κ3) is 3.64. The van der Waals surface area contributed by atoms with Crippen LogP contribution in [0.4, 0.5) is 0 Å². The Morgan fingerprint density at radius 1 is 0.857 bits per heavy atom. The lowest BCUT2D eigenvalue weighted by Crippen LogP contribution is -2.15. The van der Waals surface area contributed by atoms with Crippen molar-refractivity contribution in [1.29, 1.82) is 0 Å². The van der Waals surface area contributed by atoms with E-state index < -0.39 is 0 Å². The molecule has 2 aromatic carbocycles. The van der Waals surface area contributed by atoms with Crippen LogP contribution in [0.3, 0.4) is 0 Å². The van der Waals surface area contributed by atoms with Crippen LogP contribution in [0.15, 0.2) is 48.5 Å². The summed E-state index contributed by atoms with van der Waals surface area (Å²) in [6.45, 7) is 2.19. The number of aromatic hydroxyl groups is 2. The molecular weight excluding hydrogens is 348 g/mol. The van der Waals surface area contributed by atoms with E-state index in [1.165, 1.54) is 30.5 Å². The van der Waals surface area contributed by atoms with E-state index in [0.29, 0.717) is 6.04 Å². The van der Waals surface area contributed by atoms with Gasteiger partial charge in [0.05, 0.1) is 17.4 Å². The van der Waals surface area contributed by atoms with Gasteiger partial charge in [-0.15, -0.1) is 0 Å². The molecule has 0 aliphatic heterocycles. The van der Waals surface area contributed by atoms with Gasteiger partial charge in [0.1, 0.15) is 11.5 Å². The maximum atomic E-state index is 9.76.